The van der Waals surface area contributed by atoms with E-state index in [9.17, 15) is 4.39 Å². The van der Waals surface area contributed by atoms with Crippen molar-refractivity contribution in [2.24, 2.45) is 4.99 Å². The number of rotatable bonds is 6. The summed E-state index contributed by atoms with van der Waals surface area (Å²) in [6, 6.07) is 15.0. The van der Waals surface area contributed by atoms with Gasteiger partial charge in [0.15, 0.2) is 17.5 Å². The van der Waals surface area contributed by atoms with E-state index in [4.69, 9.17) is 4.74 Å². The van der Waals surface area contributed by atoms with Crippen molar-refractivity contribution in [1.82, 2.24) is 10.6 Å². The summed E-state index contributed by atoms with van der Waals surface area (Å²) in [6.07, 6.45) is 0.923. The molecule has 0 radical (unpaired) electrons. The third-order valence-corrected chi connectivity index (χ3v) is 4.42. The largest absolute Gasteiger partial charge is 0.486 e. The van der Waals surface area contributed by atoms with Crippen LogP contribution in [0.2, 0.25) is 0 Å². The van der Waals surface area contributed by atoms with E-state index in [1.54, 1.807) is 25.2 Å². The number of para-hydroxylation sites is 1. The zero-order chi connectivity index (χ0) is 17.6. The molecule has 0 bridgehead atoms. The molecule has 0 saturated heterocycles. The molecule has 0 aliphatic heterocycles. The van der Waals surface area contributed by atoms with Gasteiger partial charge in [-0.3, -0.25) is 4.99 Å². The van der Waals surface area contributed by atoms with Crippen molar-refractivity contribution in [3.05, 3.63) is 65.5 Å². The van der Waals surface area contributed by atoms with Crippen LogP contribution in [0.25, 0.3) is 0 Å². The van der Waals surface area contributed by atoms with Crippen molar-refractivity contribution in [3.63, 3.8) is 0 Å². The van der Waals surface area contributed by atoms with Crippen LogP contribution in [0.3, 0.4) is 0 Å². The molecule has 0 aromatic heterocycles. The highest BCUT2D eigenvalue weighted by molar-refractivity contribution is 5.79. The topological polar surface area (TPSA) is 45.7 Å². The van der Waals surface area contributed by atoms with Gasteiger partial charge < -0.3 is 15.4 Å². The number of benzene rings is 2. The lowest BCUT2D eigenvalue weighted by Crippen LogP contribution is -2.44. The molecule has 0 saturated carbocycles. The summed E-state index contributed by atoms with van der Waals surface area (Å²) in [7, 11) is 1.74. The van der Waals surface area contributed by atoms with Gasteiger partial charge in [-0.25, -0.2) is 4.39 Å². The highest BCUT2D eigenvalue weighted by Crippen LogP contribution is 2.33. The number of ether oxygens (including phenoxy) is 1. The van der Waals surface area contributed by atoms with Gasteiger partial charge in [-0.2, -0.15) is 0 Å². The molecule has 25 heavy (non-hydrogen) atoms. The fourth-order valence-electron chi connectivity index (χ4n) is 3.02. The van der Waals surface area contributed by atoms with E-state index in [-0.39, 0.29) is 17.7 Å². The molecule has 3 rings (SSSR count). The Morgan fingerprint density at radius 2 is 1.96 bits per heavy atom. The Hall–Kier alpha value is -2.56. The fraction of sp³-hybridized carbons (Fsp3) is 0.350. The lowest BCUT2D eigenvalue weighted by atomic mass is 9.78. The lowest BCUT2D eigenvalue weighted by molar-refractivity contribution is 0.214. The van der Waals surface area contributed by atoms with E-state index >= 15 is 0 Å². The molecular formula is C20H24FN3O. The third-order valence-electron chi connectivity index (χ3n) is 4.42. The number of nitrogens with zero attached hydrogens (tertiary/aromatic N) is 1. The molecule has 2 aromatic carbocycles. The highest BCUT2D eigenvalue weighted by atomic mass is 19.1. The number of guanidine groups is 1. The van der Waals surface area contributed by atoms with Gasteiger partial charge in [0.1, 0.15) is 6.10 Å². The third kappa shape index (κ3) is 4.29. The van der Waals surface area contributed by atoms with Gasteiger partial charge in [0, 0.05) is 19.5 Å². The minimum Gasteiger partial charge on any atom is -0.486 e. The Balaban J connectivity index is 1.43. The Bertz CT molecular complexity index is 747. The van der Waals surface area contributed by atoms with Crippen molar-refractivity contribution in [2.75, 3.05) is 20.1 Å². The number of hydrogen-bond acceptors (Lipinski definition) is 2. The molecule has 0 fully saturated rings. The molecule has 0 amide bonds. The zero-order valence-electron chi connectivity index (χ0n) is 14.6. The second-order valence-corrected chi connectivity index (χ2v) is 6.29. The first kappa shape index (κ1) is 17.3. The van der Waals surface area contributed by atoms with Crippen molar-refractivity contribution in [1.29, 1.82) is 0 Å². The Morgan fingerprint density at radius 3 is 2.72 bits per heavy atom. The molecule has 1 aliphatic rings. The molecular weight excluding hydrogens is 317 g/mol. The van der Waals surface area contributed by atoms with Gasteiger partial charge >= 0.3 is 0 Å². The second kappa shape index (κ2) is 8.01. The second-order valence-electron chi connectivity index (χ2n) is 6.29. The monoisotopic (exact) mass is 341 g/mol. The minimum absolute atomic E-state index is 0.181. The van der Waals surface area contributed by atoms with Crippen LogP contribution in [0.15, 0.2) is 53.5 Å². The predicted octanol–water partition coefficient (Wildman–Crippen LogP) is 3.10. The molecule has 2 N–H and O–H groups in total. The van der Waals surface area contributed by atoms with Crippen molar-refractivity contribution in [2.45, 2.75) is 25.4 Å². The van der Waals surface area contributed by atoms with E-state index < -0.39 is 0 Å². The smallest absolute Gasteiger partial charge is 0.191 e. The minimum atomic E-state index is -0.347. The van der Waals surface area contributed by atoms with Gasteiger partial charge in [0.2, 0.25) is 0 Å². The highest BCUT2D eigenvalue weighted by Gasteiger charge is 2.25. The fourth-order valence-corrected chi connectivity index (χ4v) is 3.02. The first-order chi connectivity index (χ1) is 12.2. The van der Waals surface area contributed by atoms with Crippen molar-refractivity contribution >= 4 is 5.96 Å². The van der Waals surface area contributed by atoms with Crippen LogP contribution in [0.1, 0.15) is 24.0 Å². The summed E-state index contributed by atoms with van der Waals surface area (Å²) < 4.78 is 19.2. The molecule has 0 spiro atoms. The Kier molecular flexibility index (Phi) is 5.53. The average molecular weight is 341 g/mol. The van der Waals surface area contributed by atoms with E-state index in [2.05, 4.69) is 39.9 Å². The van der Waals surface area contributed by atoms with Crippen LogP contribution < -0.4 is 15.4 Å². The normalized spacial score (nSPS) is 17.2. The molecule has 1 aliphatic carbocycles. The average Bonchev–Trinajstić information content (AvgIpc) is 2.60. The predicted molar refractivity (Wildman–Crippen MR) is 98.7 cm³/mol. The van der Waals surface area contributed by atoms with Gasteiger partial charge in [0.25, 0.3) is 0 Å². The van der Waals surface area contributed by atoms with Crippen LogP contribution in [-0.2, 0) is 6.42 Å². The van der Waals surface area contributed by atoms with Gasteiger partial charge in [0.05, 0.1) is 6.54 Å². The van der Waals surface area contributed by atoms with Crippen LogP contribution in [0, 0.1) is 5.82 Å². The number of halogens is 1. The molecule has 5 heteroatoms. The van der Waals surface area contributed by atoms with E-state index in [1.165, 1.54) is 17.2 Å². The summed E-state index contributed by atoms with van der Waals surface area (Å²) in [6.45, 7) is 3.28. The number of hydrogen-bond donors (Lipinski definition) is 2. The first-order valence-corrected chi connectivity index (χ1v) is 8.61. The maximum atomic E-state index is 13.6. The maximum absolute atomic E-state index is 13.6. The Labute approximate surface area is 148 Å². The molecule has 0 heterocycles. The number of aliphatic imine (C=N–C) groups is 1. The standard InChI is InChI=1S/C20H24FN3O/c1-14(25-19-10-6-5-9-18(19)21)12-23-20(22-2)24-13-16-11-15-7-3-4-8-17(15)16/h3-10,14,16H,11-13H2,1-2H3,(H2,22,23,24). The van der Waals surface area contributed by atoms with E-state index in [0.29, 0.717) is 12.5 Å². The van der Waals surface area contributed by atoms with Gasteiger partial charge in [-0.15, -0.1) is 0 Å². The molecule has 2 unspecified atom stereocenters. The Morgan fingerprint density at radius 1 is 1.20 bits per heavy atom. The SMILES string of the molecule is CN=C(NCC(C)Oc1ccccc1F)NCC1Cc2ccccc21. The molecule has 2 aromatic rings. The summed E-state index contributed by atoms with van der Waals surface area (Å²) in [5.74, 6) is 1.18. The van der Waals surface area contributed by atoms with E-state index in [0.717, 1.165) is 18.9 Å². The number of fused-ring (bicyclic) bond motifs is 1. The first-order valence-electron chi connectivity index (χ1n) is 8.61. The van der Waals surface area contributed by atoms with Crippen LogP contribution in [-0.4, -0.2) is 32.2 Å². The maximum Gasteiger partial charge on any atom is 0.191 e. The lowest BCUT2D eigenvalue weighted by Gasteiger charge is -2.30. The van der Waals surface area contributed by atoms with Crippen LogP contribution in [0.4, 0.5) is 4.39 Å². The van der Waals surface area contributed by atoms with Crippen LogP contribution >= 0.6 is 0 Å². The molecule has 132 valence electrons. The van der Waals surface area contributed by atoms with Gasteiger partial charge in [-0.05, 0) is 36.6 Å². The zero-order valence-corrected chi connectivity index (χ0v) is 14.6. The van der Waals surface area contributed by atoms with Crippen molar-refractivity contribution < 1.29 is 9.13 Å². The van der Waals surface area contributed by atoms with E-state index in [1.807, 2.05) is 6.92 Å². The summed E-state index contributed by atoms with van der Waals surface area (Å²) in [4.78, 5) is 4.24. The summed E-state index contributed by atoms with van der Waals surface area (Å²) >= 11 is 0. The molecule has 4 nitrogen and oxygen atoms in total. The van der Waals surface area contributed by atoms with Crippen molar-refractivity contribution in [3.8, 4) is 5.75 Å². The molecule has 2 atom stereocenters. The number of nitrogens with one attached hydrogen (secondary N) is 2. The van der Waals surface area contributed by atoms with Crippen LogP contribution in [0.5, 0.6) is 5.75 Å². The quantitative estimate of drug-likeness (QED) is 0.627. The summed E-state index contributed by atoms with van der Waals surface area (Å²) in [5.41, 5.74) is 2.85. The van der Waals surface area contributed by atoms with Gasteiger partial charge in [-0.1, -0.05) is 36.4 Å². The summed E-state index contributed by atoms with van der Waals surface area (Å²) in [5, 5.41) is 6.58.